The minimum absolute atomic E-state index is 0. The molecule has 0 amide bonds. The molecule has 0 aliphatic rings. The van der Waals surface area contributed by atoms with Crippen LogP contribution in [-0.2, 0) is 0 Å². The van der Waals surface area contributed by atoms with Crippen LogP contribution in [0.2, 0.25) is 0 Å². The highest BCUT2D eigenvalue weighted by Crippen LogP contribution is 2.56. The molecule has 20 heavy (non-hydrogen) atoms. The first-order chi connectivity index (χ1) is 9.33. The summed E-state index contributed by atoms with van der Waals surface area (Å²) in [5.74, 6) is 0. The Bertz CT molecular complexity index is 482. The van der Waals surface area contributed by atoms with E-state index in [1.54, 1.807) is 0 Å². The molecule has 2 rings (SSSR count). The molecular weight excluding hydrogens is 374 g/mol. The Kier molecular flexibility index (Phi) is 7.18. The van der Waals surface area contributed by atoms with Gasteiger partial charge in [0.2, 0.25) is 0 Å². The first-order valence-corrected chi connectivity index (χ1v) is 8.69. The van der Waals surface area contributed by atoms with Crippen LogP contribution in [0.4, 0.5) is 0 Å². The molecular formula is C18H21IP+. The van der Waals surface area contributed by atoms with E-state index in [1.165, 1.54) is 10.6 Å². The average molecular weight is 395 g/mol. The third kappa shape index (κ3) is 3.59. The molecule has 0 aliphatic heterocycles. The molecule has 0 atom stereocenters. The summed E-state index contributed by atoms with van der Waals surface area (Å²) in [6.07, 6.45) is 6.15. The Morgan fingerprint density at radius 1 is 0.700 bits per heavy atom. The van der Waals surface area contributed by atoms with Crippen molar-refractivity contribution in [1.29, 1.82) is 0 Å². The van der Waals surface area contributed by atoms with Gasteiger partial charge in [-0.25, -0.2) is 0 Å². The van der Waals surface area contributed by atoms with E-state index in [0.717, 1.165) is 12.3 Å². The van der Waals surface area contributed by atoms with Gasteiger partial charge in [0.25, 0.3) is 0 Å². The van der Waals surface area contributed by atoms with Gasteiger partial charge in [-0.2, -0.15) is 0 Å². The predicted octanol–water partition coefficient (Wildman–Crippen LogP) is 4.65. The maximum atomic E-state index is 3.97. The second kappa shape index (κ2) is 8.39. The Labute approximate surface area is 140 Å². The molecule has 2 heteroatoms. The van der Waals surface area contributed by atoms with E-state index in [-0.39, 0.29) is 24.0 Å². The molecule has 0 heterocycles. The van der Waals surface area contributed by atoms with Crippen molar-refractivity contribution in [3.63, 3.8) is 0 Å². The van der Waals surface area contributed by atoms with Gasteiger partial charge in [0, 0.05) is 0 Å². The van der Waals surface area contributed by atoms with Crippen LogP contribution in [0.1, 0.15) is 0 Å². The molecule has 104 valence electrons. The first kappa shape index (κ1) is 17.1. The largest absolute Gasteiger partial charge is 0.107 e. The zero-order valence-electron chi connectivity index (χ0n) is 11.6. The number of hydrogen-bond acceptors (Lipinski definition) is 0. The maximum Gasteiger partial charge on any atom is 0.0998 e. The molecule has 0 bridgehead atoms. The summed E-state index contributed by atoms with van der Waals surface area (Å²) in [6.45, 7) is 7.94. The fourth-order valence-corrected chi connectivity index (χ4v) is 6.17. The standard InChI is InChI=1S/C18H20P.HI/c1-3-15-19(16-4-2,17-11-7-5-8-12-17)18-13-9-6-10-14-18;/h3-14H,1-2,15-16H2;1H/q+1;. The van der Waals surface area contributed by atoms with Crippen LogP contribution in [0.25, 0.3) is 0 Å². The number of halogens is 1. The Morgan fingerprint density at radius 2 is 1.05 bits per heavy atom. The van der Waals surface area contributed by atoms with Crippen LogP contribution in [0, 0.1) is 0 Å². The van der Waals surface area contributed by atoms with E-state index in [0.29, 0.717) is 0 Å². The molecule has 0 aliphatic carbocycles. The highest BCUT2D eigenvalue weighted by Gasteiger charge is 2.39. The quantitative estimate of drug-likeness (QED) is 0.380. The van der Waals surface area contributed by atoms with Crippen molar-refractivity contribution < 1.29 is 0 Å². The molecule has 2 aromatic carbocycles. The fourth-order valence-electron chi connectivity index (χ4n) is 2.51. The molecule has 0 spiro atoms. The summed E-state index contributed by atoms with van der Waals surface area (Å²) in [7, 11) is -1.44. The molecule has 0 unspecified atom stereocenters. The van der Waals surface area contributed by atoms with E-state index in [1.807, 2.05) is 0 Å². The molecule has 0 N–H and O–H groups in total. The van der Waals surface area contributed by atoms with Crippen LogP contribution in [0.3, 0.4) is 0 Å². The van der Waals surface area contributed by atoms with Crippen LogP contribution in [-0.4, -0.2) is 12.3 Å². The van der Waals surface area contributed by atoms with E-state index in [4.69, 9.17) is 0 Å². The summed E-state index contributed by atoms with van der Waals surface area (Å²) >= 11 is 0. The number of hydrogen-bond donors (Lipinski definition) is 0. The molecule has 0 radical (unpaired) electrons. The highest BCUT2D eigenvalue weighted by molar-refractivity contribution is 14.0. The summed E-state index contributed by atoms with van der Waals surface area (Å²) in [4.78, 5) is 0. The van der Waals surface area contributed by atoms with Gasteiger partial charge in [0.1, 0.15) is 0 Å². The van der Waals surface area contributed by atoms with E-state index >= 15 is 0 Å². The van der Waals surface area contributed by atoms with Crippen molar-refractivity contribution in [1.82, 2.24) is 0 Å². The smallest absolute Gasteiger partial charge is 0.0998 e. The molecule has 0 aromatic heterocycles. The van der Waals surface area contributed by atoms with Crippen molar-refractivity contribution in [2.24, 2.45) is 0 Å². The van der Waals surface area contributed by atoms with Gasteiger partial charge in [0.15, 0.2) is 0 Å². The lowest BCUT2D eigenvalue weighted by atomic mass is 10.4. The summed E-state index contributed by atoms with van der Waals surface area (Å²) < 4.78 is 0. The molecule has 0 fully saturated rings. The molecule has 0 nitrogen and oxygen atoms in total. The third-order valence-electron chi connectivity index (χ3n) is 3.38. The van der Waals surface area contributed by atoms with Crippen molar-refractivity contribution >= 4 is 41.8 Å². The van der Waals surface area contributed by atoms with Crippen LogP contribution in [0.5, 0.6) is 0 Å². The third-order valence-corrected chi connectivity index (χ3v) is 7.72. The summed E-state index contributed by atoms with van der Waals surface area (Å²) in [5.41, 5.74) is 0. The zero-order valence-corrected chi connectivity index (χ0v) is 14.8. The summed E-state index contributed by atoms with van der Waals surface area (Å²) in [6, 6.07) is 21.6. The topological polar surface area (TPSA) is 0 Å². The Hall–Kier alpha value is -0.920. The predicted molar refractivity (Wildman–Crippen MR) is 105 cm³/mol. The molecule has 0 saturated carbocycles. The number of benzene rings is 2. The van der Waals surface area contributed by atoms with Crippen LogP contribution < -0.4 is 10.6 Å². The van der Waals surface area contributed by atoms with Gasteiger partial charge in [-0.1, -0.05) is 61.7 Å². The van der Waals surface area contributed by atoms with Crippen molar-refractivity contribution in [3.05, 3.63) is 86.0 Å². The monoisotopic (exact) mass is 395 g/mol. The Morgan fingerprint density at radius 3 is 1.35 bits per heavy atom. The van der Waals surface area contributed by atoms with Gasteiger partial charge in [-0.05, 0) is 24.3 Å². The van der Waals surface area contributed by atoms with E-state index < -0.39 is 7.26 Å². The van der Waals surface area contributed by atoms with Gasteiger partial charge >= 0.3 is 0 Å². The lowest BCUT2D eigenvalue weighted by Crippen LogP contribution is -2.26. The van der Waals surface area contributed by atoms with Gasteiger partial charge in [-0.3, -0.25) is 0 Å². The van der Waals surface area contributed by atoms with Gasteiger partial charge < -0.3 is 0 Å². The van der Waals surface area contributed by atoms with Crippen LogP contribution >= 0.6 is 31.2 Å². The van der Waals surface area contributed by atoms with Crippen molar-refractivity contribution in [2.75, 3.05) is 12.3 Å². The number of allylic oxidation sites excluding steroid dienone is 2. The fraction of sp³-hybridized carbons (Fsp3) is 0.111. The zero-order chi connectivity index (χ0) is 13.6. The molecule has 2 aromatic rings. The minimum Gasteiger partial charge on any atom is -0.107 e. The molecule has 0 saturated heterocycles. The van der Waals surface area contributed by atoms with Crippen molar-refractivity contribution in [3.8, 4) is 0 Å². The highest BCUT2D eigenvalue weighted by atomic mass is 127. The van der Waals surface area contributed by atoms with Crippen molar-refractivity contribution in [2.45, 2.75) is 0 Å². The van der Waals surface area contributed by atoms with E-state index in [2.05, 4.69) is 86.0 Å². The minimum atomic E-state index is -1.44. The van der Waals surface area contributed by atoms with Crippen LogP contribution in [0.15, 0.2) is 86.0 Å². The van der Waals surface area contributed by atoms with Gasteiger partial charge in [0.05, 0.1) is 30.2 Å². The Balaban J connectivity index is 0.00000200. The number of rotatable bonds is 6. The maximum absolute atomic E-state index is 3.97. The second-order valence-electron chi connectivity index (χ2n) is 4.58. The van der Waals surface area contributed by atoms with Gasteiger partial charge in [-0.15, -0.1) is 24.0 Å². The summed E-state index contributed by atoms with van der Waals surface area (Å²) in [5, 5.41) is 2.86. The lowest BCUT2D eigenvalue weighted by molar-refractivity contribution is 1.60. The van der Waals surface area contributed by atoms with E-state index in [9.17, 15) is 0 Å². The second-order valence-corrected chi connectivity index (χ2v) is 8.28. The SMILES string of the molecule is C=CC[P+](CC=C)(c1ccccc1)c1ccccc1.I. The normalized spacial score (nSPS) is 10.4. The lowest BCUT2D eigenvalue weighted by Gasteiger charge is -2.25. The average Bonchev–Trinajstić information content (AvgIpc) is 2.49. The first-order valence-electron chi connectivity index (χ1n) is 6.53.